The van der Waals surface area contributed by atoms with Crippen molar-refractivity contribution in [3.63, 3.8) is 0 Å². The van der Waals surface area contributed by atoms with Crippen LogP contribution < -0.4 is 5.32 Å². The fourth-order valence-electron chi connectivity index (χ4n) is 2.70. The molecule has 1 saturated carbocycles. The fourth-order valence-corrected chi connectivity index (χ4v) is 4.61. The molecule has 2 rings (SSSR count). The van der Waals surface area contributed by atoms with Crippen LogP contribution >= 0.6 is 38.9 Å². The van der Waals surface area contributed by atoms with Crippen LogP contribution in [0.2, 0.25) is 4.34 Å². The first-order valence-corrected chi connectivity index (χ1v) is 8.39. The molecule has 1 atom stereocenters. The minimum Gasteiger partial charge on any atom is -0.309 e. The molecule has 0 aromatic carbocycles. The lowest BCUT2D eigenvalue weighted by Gasteiger charge is -2.30. The maximum atomic E-state index is 6.16. The maximum absolute atomic E-state index is 6.16. The van der Waals surface area contributed by atoms with Crippen molar-refractivity contribution in [3.8, 4) is 0 Å². The Morgan fingerprint density at radius 1 is 1.47 bits per heavy atom. The van der Waals surface area contributed by atoms with Gasteiger partial charge in [-0.25, -0.2) is 0 Å². The first-order valence-electron chi connectivity index (χ1n) is 6.40. The second-order valence-electron chi connectivity index (χ2n) is 4.70. The highest BCUT2D eigenvalue weighted by Gasteiger charge is 2.26. The normalized spacial score (nSPS) is 19.5. The van der Waals surface area contributed by atoms with Gasteiger partial charge >= 0.3 is 0 Å². The van der Waals surface area contributed by atoms with Crippen molar-refractivity contribution in [2.45, 2.75) is 45.1 Å². The molecule has 96 valence electrons. The van der Waals surface area contributed by atoms with Crippen molar-refractivity contribution < 1.29 is 0 Å². The van der Waals surface area contributed by atoms with Crippen LogP contribution in [-0.2, 0) is 0 Å². The molecule has 0 spiro atoms. The van der Waals surface area contributed by atoms with E-state index < -0.39 is 0 Å². The molecule has 1 heterocycles. The van der Waals surface area contributed by atoms with E-state index in [1.807, 2.05) is 0 Å². The van der Waals surface area contributed by atoms with Gasteiger partial charge in [0.05, 0.1) is 0 Å². The summed E-state index contributed by atoms with van der Waals surface area (Å²) >= 11 is 11.4. The number of halogens is 2. The molecule has 0 radical (unpaired) electrons. The van der Waals surface area contributed by atoms with Crippen LogP contribution in [0.15, 0.2) is 10.5 Å². The van der Waals surface area contributed by atoms with Crippen molar-refractivity contribution in [1.29, 1.82) is 0 Å². The zero-order valence-electron chi connectivity index (χ0n) is 10.1. The SMILES string of the molecule is CCNC(c1cc(Br)c(Cl)s1)C1CCCCC1. The van der Waals surface area contributed by atoms with Gasteiger partial charge in [0.2, 0.25) is 0 Å². The molecule has 0 saturated heterocycles. The fraction of sp³-hybridized carbons (Fsp3) is 0.692. The quantitative estimate of drug-likeness (QED) is 0.776. The van der Waals surface area contributed by atoms with E-state index in [9.17, 15) is 0 Å². The predicted molar refractivity (Wildman–Crippen MR) is 80.0 cm³/mol. The lowest BCUT2D eigenvalue weighted by atomic mass is 9.83. The number of hydrogen-bond acceptors (Lipinski definition) is 2. The first-order chi connectivity index (χ1) is 8.22. The van der Waals surface area contributed by atoms with Crippen molar-refractivity contribution >= 4 is 38.9 Å². The molecule has 0 amide bonds. The topological polar surface area (TPSA) is 12.0 Å². The van der Waals surface area contributed by atoms with Crippen molar-refractivity contribution in [1.82, 2.24) is 5.32 Å². The molecular formula is C13H19BrClNS. The van der Waals surface area contributed by atoms with Crippen molar-refractivity contribution in [2.24, 2.45) is 5.92 Å². The Labute approximate surface area is 121 Å². The van der Waals surface area contributed by atoms with E-state index in [1.165, 1.54) is 37.0 Å². The third kappa shape index (κ3) is 3.46. The van der Waals surface area contributed by atoms with Gasteiger partial charge in [0, 0.05) is 15.4 Å². The van der Waals surface area contributed by atoms with Gasteiger partial charge in [-0.2, -0.15) is 0 Å². The van der Waals surface area contributed by atoms with Crippen molar-refractivity contribution in [2.75, 3.05) is 6.54 Å². The summed E-state index contributed by atoms with van der Waals surface area (Å²) in [6.07, 6.45) is 6.87. The molecule has 1 aliphatic carbocycles. The van der Waals surface area contributed by atoms with Gasteiger partial charge in [0.15, 0.2) is 0 Å². The highest BCUT2D eigenvalue weighted by atomic mass is 79.9. The molecule has 17 heavy (non-hydrogen) atoms. The Kier molecular flexibility index (Phi) is 5.34. The van der Waals surface area contributed by atoms with Crippen LogP contribution in [-0.4, -0.2) is 6.54 Å². The molecule has 0 bridgehead atoms. The number of nitrogens with one attached hydrogen (secondary N) is 1. The smallest absolute Gasteiger partial charge is 0.107 e. The molecule has 1 aliphatic rings. The maximum Gasteiger partial charge on any atom is 0.107 e. The monoisotopic (exact) mass is 335 g/mol. The average molecular weight is 337 g/mol. The largest absolute Gasteiger partial charge is 0.309 e. The van der Waals surface area contributed by atoms with E-state index in [2.05, 4.69) is 34.2 Å². The predicted octanol–water partition coefficient (Wildman–Crippen LogP) is 5.39. The van der Waals surface area contributed by atoms with Crippen LogP contribution in [0.25, 0.3) is 0 Å². The lowest BCUT2D eigenvalue weighted by Crippen LogP contribution is -2.28. The summed E-state index contributed by atoms with van der Waals surface area (Å²) in [6.45, 7) is 3.20. The summed E-state index contributed by atoms with van der Waals surface area (Å²) in [4.78, 5) is 1.38. The first kappa shape index (κ1) is 13.9. The van der Waals surface area contributed by atoms with Gasteiger partial charge in [-0.1, -0.05) is 37.8 Å². The molecule has 1 aromatic rings. The lowest BCUT2D eigenvalue weighted by molar-refractivity contribution is 0.277. The third-order valence-electron chi connectivity index (χ3n) is 3.52. The van der Waals surface area contributed by atoms with Crippen LogP contribution in [0.3, 0.4) is 0 Å². The standard InChI is InChI=1S/C13H19BrClNS/c1-2-16-12(9-6-4-3-5-7-9)11-8-10(14)13(15)17-11/h8-9,12,16H,2-7H2,1H3. The average Bonchev–Trinajstić information content (AvgIpc) is 2.67. The molecule has 1 fully saturated rings. The van der Waals surface area contributed by atoms with E-state index >= 15 is 0 Å². The molecule has 4 heteroatoms. The summed E-state index contributed by atoms with van der Waals surface area (Å²) < 4.78 is 1.91. The molecule has 0 aliphatic heterocycles. The van der Waals surface area contributed by atoms with E-state index in [4.69, 9.17) is 11.6 Å². The van der Waals surface area contributed by atoms with E-state index in [-0.39, 0.29) is 0 Å². The van der Waals surface area contributed by atoms with Crippen LogP contribution in [0, 0.1) is 5.92 Å². The summed E-state index contributed by atoms with van der Waals surface area (Å²) in [6, 6.07) is 2.68. The Morgan fingerprint density at radius 3 is 2.71 bits per heavy atom. The van der Waals surface area contributed by atoms with Gasteiger partial charge in [-0.05, 0) is 47.3 Å². The minimum atomic E-state index is 0.495. The third-order valence-corrected chi connectivity index (χ3v) is 6.07. The Balaban J connectivity index is 2.15. The summed E-state index contributed by atoms with van der Waals surface area (Å²) in [5, 5.41) is 3.64. The highest BCUT2D eigenvalue weighted by molar-refractivity contribution is 9.10. The second-order valence-corrected chi connectivity index (χ2v) is 7.24. The van der Waals surface area contributed by atoms with Crippen LogP contribution in [0.1, 0.15) is 49.9 Å². The zero-order chi connectivity index (χ0) is 12.3. The minimum absolute atomic E-state index is 0.495. The molecule has 1 aromatic heterocycles. The Morgan fingerprint density at radius 2 is 2.18 bits per heavy atom. The van der Waals surface area contributed by atoms with Crippen molar-refractivity contribution in [3.05, 3.63) is 19.8 Å². The second kappa shape index (κ2) is 6.55. The Bertz CT molecular complexity index is 341. The van der Waals surface area contributed by atoms with E-state index in [0.717, 1.165) is 21.3 Å². The molecule has 1 nitrogen and oxygen atoms in total. The molecular weight excluding hydrogens is 318 g/mol. The van der Waals surface area contributed by atoms with Gasteiger partial charge in [-0.3, -0.25) is 0 Å². The van der Waals surface area contributed by atoms with Gasteiger partial charge in [0.1, 0.15) is 4.34 Å². The molecule has 1 unspecified atom stereocenters. The number of thiophene rings is 1. The van der Waals surface area contributed by atoms with E-state index in [0.29, 0.717) is 6.04 Å². The van der Waals surface area contributed by atoms with Gasteiger partial charge in [-0.15, -0.1) is 11.3 Å². The van der Waals surface area contributed by atoms with Gasteiger partial charge in [0.25, 0.3) is 0 Å². The Hall–Kier alpha value is 0.430. The molecule has 1 N–H and O–H groups in total. The summed E-state index contributed by atoms with van der Waals surface area (Å²) in [7, 11) is 0. The van der Waals surface area contributed by atoms with Crippen LogP contribution in [0.4, 0.5) is 0 Å². The zero-order valence-corrected chi connectivity index (χ0v) is 13.3. The van der Waals surface area contributed by atoms with Gasteiger partial charge < -0.3 is 5.32 Å². The van der Waals surface area contributed by atoms with Crippen LogP contribution in [0.5, 0.6) is 0 Å². The summed E-state index contributed by atoms with van der Waals surface area (Å²) in [5.74, 6) is 0.783. The number of rotatable bonds is 4. The number of hydrogen-bond donors (Lipinski definition) is 1. The highest BCUT2D eigenvalue weighted by Crippen LogP contribution is 2.41. The van der Waals surface area contributed by atoms with E-state index in [1.54, 1.807) is 11.3 Å². The summed E-state index contributed by atoms with van der Waals surface area (Å²) in [5.41, 5.74) is 0.